The van der Waals surface area contributed by atoms with Gasteiger partial charge in [-0.05, 0) is 35.9 Å². The first kappa shape index (κ1) is 20.4. The van der Waals surface area contributed by atoms with Crippen LogP contribution in [0.3, 0.4) is 0 Å². The first-order valence-corrected chi connectivity index (χ1v) is 9.05. The summed E-state index contributed by atoms with van der Waals surface area (Å²) in [5, 5.41) is 7.04. The highest BCUT2D eigenvalue weighted by Gasteiger charge is 2.20. The zero-order valence-electron chi connectivity index (χ0n) is 15.5. The lowest BCUT2D eigenvalue weighted by atomic mass is 10.3. The van der Waals surface area contributed by atoms with E-state index in [1.54, 1.807) is 42.6 Å². The minimum atomic E-state index is -0.793. The molecule has 0 bridgehead atoms. The molecular formula is C19H18ClN5O4. The molecule has 1 N–H and O–H groups in total. The summed E-state index contributed by atoms with van der Waals surface area (Å²) in [6.07, 6.45) is 3.12. The fraction of sp³-hybridized carbons (Fsp3) is 0.211. The molecule has 0 atom stereocenters. The van der Waals surface area contributed by atoms with Crippen molar-refractivity contribution >= 4 is 17.5 Å². The number of ether oxygens (including phenoxy) is 1. The van der Waals surface area contributed by atoms with Crippen LogP contribution in [0.15, 0.2) is 58.4 Å². The molecule has 29 heavy (non-hydrogen) atoms. The van der Waals surface area contributed by atoms with Crippen molar-refractivity contribution < 1.29 is 9.53 Å². The number of hydrogen-bond acceptors (Lipinski definition) is 6. The number of aromatic nitrogens is 4. The summed E-state index contributed by atoms with van der Waals surface area (Å²) >= 11 is 5.91. The number of hydrogen-bond donors (Lipinski definition) is 1. The molecule has 0 saturated heterocycles. The second-order valence-corrected chi connectivity index (χ2v) is 6.46. The van der Waals surface area contributed by atoms with Crippen molar-refractivity contribution in [2.24, 2.45) is 0 Å². The molecule has 2 heterocycles. The Balaban J connectivity index is 2.12. The van der Waals surface area contributed by atoms with Gasteiger partial charge in [-0.2, -0.15) is 9.78 Å². The Bertz CT molecular complexity index is 1110. The Morgan fingerprint density at radius 2 is 1.97 bits per heavy atom. The largest absolute Gasteiger partial charge is 0.383 e. The molecule has 1 amide bonds. The number of nitrogens with zero attached hydrogens (tertiary/aromatic N) is 4. The zero-order chi connectivity index (χ0) is 20.8. The van der Waals surface area contributed by atoms with Crippen LogP contribution in [0.25, 0.3) is 5.69 Å². The maximum absolute atomic E-state index is 13.0. The number of amides is 1. The van der Waals surface area contributed by atoms with Gasteiger partial charge in [0.25, 0.3) is 11.5 Å². The molecule has 0 aliphatic carbocycles. The number of benzene rings is 1. The van der Waals surface area contributed by atoms with Gasteiger partial charge >= 0.3 is 5.69 Å². The Hall–Kier alpha value is -3.30. The topological polar surface area (TPSA) is 108 Å². The lowest BCUT2D eigenvalue weighted by Gasteiger charge is -2.12. The lowest BCUT2D eigenvalue weighted by molar-refractivity contribution is 0.0927. The second kappa shape index (κ2) is 9.26. The van der Waals surface area contributed by atoms with Crippen LogP contribution < -0.4 is 16.6 Å². The summed E-state index contributed by atoms with van der Waals surface area (Å²) in [6, 6.07) is 9.73. The maximum atomic E-state index is 13.0. The van der Waals surface area contributed by atoms with Crippen LogP contribution in [0.2, 0.25) is 5.02 Å². The molecule has 2 aromatic heterocycles. The van der Waals surface area contributed by atoms with Crippen molar-refractivity contribution in [1.82, 2.24) is 24.6 Å². The van der Waals surface area contributed by atoms with E-state index in [0.29, 0.717) is 16.3 Å². The Kier molecular flexibility index (Phi) is 6.53. The summed E-state index contributed by atoms with van der Waals surface area (Å²) in [5.74, 6) is -0.699. The van der Waals surface area contributed by atoms with Gasteiger partial charge in [0.2, 0.25) is 5.69 Å². The fourth-order valence-corrected chi connectivity index (χ4v) is 2.70. The molecule has 150 valence electrons. The van der Waals surface area contributed by atoms with E-state index >= 15 is 0 Å². The van der Waals surface area contributed by atoms with E-state index < -0.39 is 22.9 Å². The van der Waals surface area contributed by atoms with Crippen molar-refractivity contribution in [3.05, 3.63) is 85.9 Å². The van der Waals surface area contributed by atoms with Gasteiger partial charge in [0.1, 0.15) is 0 Å². The van der Waals surface area contributed by atoms with Gasteiger partial charge in [-0.1, -0.05) is 17.7 Å². The van der Waals surface area contributed by atoms with Gasteiger partial charge in [0.15, 0.2) is 0 Å². The average molecular weight is 416 g/mol. The van der Waals surface area contributed by atoms with Gasteiger partial charge in [-0.15, -0.1) is 0 Å². The predicted octanol–water partition coefficient (Wildman–Crippen LogP) is 0.867. The highest BCUT2D eigenvalue weighted by molar-refractivity contribution is 6.30. The van der Waals surface area contributed by atoms with E-state index in [9.17, 15) is 14.4 Å². The quantitative estimate of drug-likeness (QED) is 0.573. The van der Waals surface area contributed by atoms with Gasteiger partial charge in [-0.3, -0.25) is 19.1 Å². The summed E-state index contributed by atoms with van der Waals surface area (Å²) in [7, 11) is 1.49. The van der Waals surface area contributed by atoms with Crippen LogP contribution in [0.1, 0.15) is 16.1 Å². The van der Waals surface area contributed by atoms with Crippen molar-refractivity contribution in [3.8, 4) is 5.69 Å². The number of carbonyl (C=O) groups excluding carboxylic acids is 1. The molecule has 0 saturated carbocycles. The monoisotopic (exact) mass is 415 g/mol. The molecule has 0 radical (unpaired) electrons. The standard InChI is InChI=1S/C19H18ClN5O4/c1-29-10-9-22-17(26)16-18(27)24(12-13-3-2-8-21-11-13)19(28)25(23-16)15-6-4-14(20)5-7-15/h2-8,11H,9-10,12H2,1H3,(H,22,26). The first-order valence-electron chi connectivity index (χ1n) is 8.67. The van der Waals surface area contributed by atoms with E-state index in [-0.39, 0.29) is 19.7 Å². The van der Waals surface area contributed by atoms with Crippen molar-refractivity contribution in [3.63, 3.8) is 0 Å². The normalized spacial score (nSPS) is 10.7. The summed E-state index contributed by atoms with van der Waals surface area (Å²) in [4.78, 5) is 42.3. The Labute approximate surface area is 170 Å². The van der Waals surface area contributed by atoms with Crippen molar-refractivity contribution in [2.45, 2.75) is 6.54 Å². The van der Waals surface area contributed by atoms with E-state index in [1.807, 2.05) is 0 Å². The van der Waals surface area contributed by atoms with E-state index in [4.69, 9.17) is 16.3 Å². The Morgan fingerprint density at radius 3 is 2.62 bits per heavy atom. The van der Waals surface area contributed by atoms with Gasteiger partial charge in [-0.25, -0.2) is 4.79 Å². The smallest absolute Gasteiger partial charge is 0.352 e. The molecule has 3 aromatic rings. The fourth-order valence-electron chi connectivity index (χ4n) is 2.57. The van der Waals surface area contributed by atoms with E-state index in [0.717, 1.165) is 9.25 Å². The minimum Gasteiger partial charge on any atom is -0.383 e. The number of carbonyl (C=O) groups is 1. The molecular weight excluding hydrogens is 398 g/mol. The lowest BCUT2D eigenvalue weighted by Crippen LogP contribution is -2.46. The molecule has 3 rings (SSSR count). The molecule has 0 spiro atoms. The first-order chi connectivity index (χ1) is 14.0. The summed E-state index contributed by atoms with van der Waals surface area (Å²) < 4.78 is 6.84. The number of halogens is 1. The summed E-state index contributed by atoms with van der Waals surface area (Å²) in [5.41, 5.74) is -0.885. The number of pyridine rings is 1. The third-order valence-corrected chi connectivity index (χ3v) is 4.25. The molecule has 0 fully saturated rings. The second-order valence-electron chi connectivity index (χ2n) is 6.02. The molecule has 1 aromatic carbocycles. The van der Waals surface area contributed by atoms with Crippen LogP contribution in [-0.2, 0) is 11.3 Å². The highest BCUT2D eigenvalue weighted by atomic mass is 35.5. The van der Waals surface area contributed by atoms with Gasteiger partial charge in [0.05, 0.1) is 18.8 Å². The van der Waals surface area contributed by atoms with Gasteiger partial charge in [0, 0.05) is 31.1 Å². The van der Waals surface area contributed by atoms with Crippen LogP contribution in [0, 0.1) is 0 Å². The predicted molar refractivity (Wildman–Crippen MR) is 107 cm³/mol. The van der Waals surface area contributed by atoms with E-state index in [2.05, 4.69) is 15.4 Å². The Morgan fingerprint density at radius 1 is 1.21 bits per heavy atom. The van der Waals surface area contributed by atoms with Crippen LogP contribution >= 0.6 is 11.6 Å². The maximum Gasteiger partial charge on any atom is 0.352 e. The molecule has 0 aliphatic heterocycles. The average Bonchev–Trinajstić information content (AvgIpc) is 2.73. The number of methoxy groups -OCH3 is 1. The third kappa shape index (κ3) is 4.76. The van der Waals surface area contributed by atoms with Crippen LogP contribution in [0.5, 0.6) is 0 Å². The van der Waals surface area contributed by atoms with Crippen LogP contribution in [0.4, 0.5) is 0 Å². The van der Waals surface area contributed by atoms with Crippen LogP contribution in [-0.4, -0.2) is 45.5 Å². The molecule has 0 aliphatic rings. The zero-order valence-corrected chi connectivity index (χ0v) is 16.3. The van der Waals surface area contributed by atoms with Gasteiger partial charge < -0.3 is 10.1 Å². The van der Waals surface area contributed by atoms with E-state index in [1.165, 1.54) is 13.3 Å². The van der Waals surface area contributed by atoms with Crippen molar-refractivity contribution in [2.75, 3.05) is 20.3 Å². The van der Waals surface area contributed by atoms with Crippen molar-refractivity contribution in [1.29, 1.82) is 0 Å². The molecule has 0 unspecified atom stereocenters. The molecule has 10 heteroatoms. The summed E-state index contributed by atoms with van der Waals surface area (Å²) in [6.45, 7) is 0.408. The number of rotatable bonds is 7. The SMILES string of the molecule is COCCNC(=O)c1nn(-c2ccc(Cl)cc2)c(=O)n(Cc2cccnc2)c1=O. The highest BCUT2D eigenvalue weighted by Crippen LogP contribution is 2.11. The number of nitrogens with one attached hydrogen (secondary N) is 1. The third-order valence-electron chi connectivity index (χ3n) is 4.00. The minimum absolute atomic E-state index is 0.0556. The molecule has 9 nitrogen and oxygen atoms in total.